The number of Topliss-reactive ketones (excluding diaryl/α,β-unsaturated/α-hetero) is 1. The van der Waals surface area contributed by atoms with Gasteiger partial charge in [-0.05, 0) is 54.6 Å². The highest BCUT2D eigenvalue weighted by Gasteiger charge is 2.48. The second-order valence-corrected chi connectivity index (χ2v) is 6.92. The zero-order chi connectivity index (χ0) is 21.4. The molecule has 6 nitrogen and oxygen atoms in total. The summed E-state index contributed by atoms with van der Waals surface area (Å²) in [7, 11) is 1.46. The number of ketones is 1. The molecule has 1 N–H and O–H groups in total. The van der Waals surface area contributed by atoms with E-state index in [0.717, 1.165) is 12.1 Å². The first kappa shape index (κ1) is 19.7. The number of furan rings is 1. The fraction of sp³-hybridized carbons (Fsp3) is 0.0909. The molecule has 1 aromatic heterocycles. The lowest BCUT2D eigenvalue weighted by Gasteiger charge is -2.23. The number of hydrogen-bond acceptors (Lipinski definition) is 5. The predicted molar refractivity (Wildman–Crippen MR) is 108 cm³/mol. The molecule has 0 saturated carbocycles. The molecular weight excluding hydrogens is 413 g/mol. The number of ether oxygens (including phenoxy) is 1. The zero-order valence-electron chi connectivity index (χ0n) is 15.6. The summed E-state index contributed by atoms with van der Waals surface area (Å²) in [6.07, 6.45) is 1.40. The summed E-state index contributed by atoms with van der Waals surface area (Å²) in [5.41, 5.74) is 0.342. The van der Waals surface area contributed by atoms with Gasteiger partial charge in [0.25, 0.3) is 11.7 Å². The number of benzene rings is 2. The number of rotatable bonds is 4. The largest absolute Gasteiger partial charge is 0.507 e. The minimum Gasteiger partial charge on any atom is -0.507 e. The maximum absolute atomic E-state index is 13.3. The highest BCUT2D eigenvalue weighted by Crippen LogP contribution is 2.43. The molecule has 1 fully saturated rings. The fourth-order valence-electron chi connectivity index (χ4n) is 3.38. The molecule has 2 heterocycles. The van der Waals surface area contributed by atoms with Gasteiger partial charge in [0.2, 0.25) is 0 Å². The van der Waals surface area contributed by atoms with Crippen LogP contribution in [-0.2, 0) is 9.59 Å². The average Bonchev–Trinajstić information content (AvgIpc) is 3.35. The standard InChI is InChI=1S/C22H15ClFNO5/c1-29-16-9-8-14(11-15(16)23)25-19(17-3-2-10-30-17)18(21(27)22(25)28)20(26)12-4-6-13(24)7-5-12/h2-11,19,26H,1H3/b20-18-. The van der Waals surface area contributed by atoms with E-state index in [1.807, 2.05) is 0 Å². The van der Waals surface area contributed by atoms with Crippen molar-refractivity contribution in [3.05, 3.63) is 88.6 Å². The number of halogens is 2. The predicted octanol–water partition coefficient (Wildman–Crippen LogP) is 4.71. The van der Waals surface area contributed by atoms with Gasteiger partial charge in [-0.3, -0.25) is 14.5 Å². The maximum atomic E-state index is 13.3. The SMILES string of the molecule is COc1ccc(N2C(=O)C(=O)/C(=C(\O)c3ccc(F)cc3)C2c2ccco2)cc1Cl. The molecular formula is C22H15ClFNO5. The van der Waals surface area contributed by atoms with Crippen molar-refractivity contribution in [2.45, 2.75) is 6.04 Å². The molecule has 1 saturated heterocycles. The number of carbonyl (C=O) groups is 2. The quantitative estimate of drug-likeness (QED) is 0.370. The lowest BCUT2D eigenvalue weighted by Crippen LogP contribution is -2.29. The van der Waals surface area contributed by atoms with Gasteiger partial charge in [0.05, 0.1) is 24.0 Å². The molecule has 0 bridgehead atoms. The lowest BCUT2D eigenvalue weighted by atomic mass is 9.99. The Morgan fingerprint density at radius 3 is 2.50 bits per heavy atom. The molecule has 1 amide bonds. The first-order valence-electron chi connectivity index (χ1n) is 8.86. The van der Waals surface area contributed by atoms with Crippen LogP contribution < -0.4 is 9.64 Å². The van der Waals surface area contributed by atoms with E-state index in [-0.39, 0.29) is 21.9 Å². The molecule has 152 valence electrons. The molecule has 1 aliphatic heterocycles. The van der Waals surface area contributed by atoms with Gasteiger partial charge in [-0.2, -0.15) is 0 Å². The average molecular weight is 428 g/mol. The number of aliphatic hydroxyl groups is 1. The van der Waals surface area contributed by atoms with Gasteiger partial charge in [-0.15, -0.1) is 0 Å². The van der Waals surface area contributed by atoms with E-state index >= 15 is 0 Å². The normalized spacial score (nSPS) is 18.1. The van der Waals surface area contributed by atoms with Crippen LogP contribution in [0.15, 0.2) is 70.9 Å². The van der Waals surface area contributed by atoms with Crippen LogP contribution in [-0.4, -0.2) is 23.9 Å². The van der Waals surface area contributed by atoms with Crippen molar-refractivity contribution in [2.75, 3.05) is 12.0 Å². The van der Waals surface area contributed by atoms with Gasteiger partial charge in [-0.25, -0.2) is 4.39 Å². The molecule has 1 atom stereocenters. The number of methoxy groups -OCH3 is 1. The monoisotopic (exact) mass is 427 g/mol. The fourth-order valence-corrected chi connectivity index (χ4v) is 3.64. The van der Waals surface area contributed by atoms with Crippen molar-refractivity contribution in [1.82, 2.24) is 0 Å². The third-order valence-corrected chi connectivity index (χ3v) is 5.08. The number of carbonyl (C=O) groups excluding carboxylic acids is 2. The summed E-state index contributed by atoms with van der Waals surface area (Å²) in [5.74, 6) is -2.02. The van der Waals surface area contributed by atoms with Crippen LogP contribution in [0.4, 0.5) is 10.1 Å². The van der Waals surface area contributed by atoms with Crippen LogP contribution in [0.5, 0.6) is 5.75 Å². The zero-order valence-corrected chi connectivity index (χ0v) is 16.4. The van der Waals surface area contributed by atoms with E-state index in [9.17, 15) is 19.1 Å². The van der Waals surface area contributed by atoms with E-state index in [4.69, 9.17) is 20.8 Å². The Balaban J connectivity index is 1.90. The summed E-state index contributed by atoms with van der Waals surface area (Å²) in [4.78, 5) is 27.0. The summed E-state index contributed by atoms with van der Waals surface area (Å²) in [6, 6.07) is 11.7. The molecule has 0 radical (unpaired) electrons. The number of aliphatic hydroxyl groups excluding tert-OH is 1. The number of hydrogen-bond donors (Lipinski definition) is 1. The topological polar surface area (TPSA) is 80.0 Å². The molecule has 30 heavy (non-hydrogen) atoms. The Kier molecular flexibility index (Phi) is 5.05. The van der Waals surface area contributed by atoms with Crippen molar-refractivity contribution < 1.29 is 28.2 Å². The van der Waals surface area contributed by atoms with Gasteiger partial charge in [0.1, 0.15) is 29.1 Å². The Labute approximate surface area is 175 Å². The van der Waals surface area contributed by atoms with E-state index in [0.29, 0.717) is 11.4 Å². The van der Waals surface area contributed by atoms with E-state index in [1.165, 1.54) is 36.5 Å². The van der Waals surface area contributed by atoms with Gasteiger partial charge in [-0.1, -0.05) is 11.6 Å². The molecule has 1 aliphatic rings. The Morgan fingerprint density at radius 1 is 1.17 bits per heavy atom. The van der Waals surface area contributed by atoms with Crippen LogP contribution in [0.25, 0.3) is 5.76 Å². The van der Waals surface area contributed by atoms with Crippen LogP contribution in [0.1, 0.15) is 17.4 Å². The van der Waals surface area contributed by atoms with E-state index < -0.39 is 29.3 Å². The van der Waals surface area contributed by atoms with Crippen molar-refractivity contribution >= 4 is 34.7 Å². The van der Waals surface area contributed by atoms with Gasteiger partial charge in [0, 0.05) is 11.3 Å². The van der Waals surface area contributed by atoms with E-state index in [2.05, 4.69) is 0 Å². The van der Waals surface area contributed by atoms with Crippen LogP contribution in [0, 0.1) is 5.82 Å². The van der Waals surface area contributed by atoms with Crippen LogP contribution in [0.3, 0.4) is 0 Å². The lowest BCUT2D eigenvalue weighted by molar-refractivity contribution is -0.132. The Hall–Kier alpha value is -3.58. The first-order chi connectivity index (χ1) is 14.4. The van der Waals surface area contributed by atoms with Gasteiger partial charge in [0.15, 0.2) is 0 Å². The van der Waals surface area contributed by atoms with E-state index in [1.54, 1.807) is 24.3 Å². The molecule has 4 rings (SSSR count). The molecule has 0 aliphatic carbocycles. The molecule has 2 aromatic carbocycles. The summed E-state index contributed by atoms with van der Waals surface area (Å²) in [5, 5.41) is 11.1. The minimum absolute atomic E-state index is 0.173. The highest BCUT2D eigenvalue weighted by molar-refractivity contribution is 6.51. The number of nitrogens with zero attached hydrogens (tertiary/aromatic N) is 1. The Morgan fingerprint density at radius 2 is 1.90 bits per heavy atom. The number of anilines is 1. The molecule has 1 unspecified atom stereocenters. The third kappa shape index (κ3) is 3.23. The van der Waals surface area contributed by atoms with Crippen molar-refractivity contribution in [3.63, 3.8) is 0 Å². The van der Waals surface area contributed by atoms with Gasteiger partial charge >= 0.3 is 0 Å². The molecule has 3 aromatic rings. The van der Waals surface area contributed by atoms with Crippen LogP contribution >= 0.6 is 11.6 Å². The van der Waals surface area contributed by atoms with Crippen LogP contribution in [0.2, 0.25) is 5.02 Å². The van der Waals surface area contributed by atoms with Crippen molar-refractivity contribution in [1.29, 1.82) is 0 Å². The van der Waals surface area contributed by atoms with Crippen molar-refractivity contribution in [2.24, 2.45) is 0 Å². The summed E-state index contributed by atoms with van der Waals surface area (Å²) in [6.45, 7) is 0. The number of amides is 1. The van der Waals surface area contributed by atoms with Crippen molar-refractivity contribution in [3.8, 4) is 5.75 Å². The minimum atomic E-state index is -1.03. The second kappa shape index (κ2) is 7.68. The highest BCUT2D eigenvalue weighted by atomic mass is 35.5. The third-order valence-electron chi connectivity index (χ3n) is 4.79. The smallest absolute Gasteiger partial charge is 0.300 e. The first-order valence-corrected chi connectivity index (χ1v) is 9.24. The maximum Gasteiger partial charge on any atom is 0.300 e. The van der Waals surface area contributed by atoms with Gasteiger partial charge < -0.3 is 14.3 Å². The Bertz CT molecular complexity index is 1150. The molecule has 8 heteroatoms. The summed E-state index contributed by atoms with van der Waals surface area (Å²) < 4.78 is 23.9. The second-order valence-electron chi connectivity index (χ2n) is 6.51. The molecule has 0 spiro atoms. The summed E-state index contributed by atoms with van der Waals surface area (Å²) >= 11 is 6.21.